The van der Waals surface area contributed by atoms with Crippen molar-refractivity contribution in [3.05, 3.63) is 35.4 Å². The maximum absolute atomic E-state index is 13.9. The number of nitrogens with zero attached hydrogens (tertiary/aromatic N) is 2. The van der Waals surface area contributed by atoms with Crippen molar-refractivity contribution >= 4 is 11.8 Å². The molecule has 1 aromatic carbocycles. The van der Waals surface area contributed by atoms with Crippen molar-refractivity contribution in [1.82, 2.24) is 9.80 Å². The SMILES string of the molecule is CC[C@@H](C)N1C(=O)c2ccccc2[C@H](C(=O)N2CCOCC2)C12CCCCC2. The molecule has 2 heterocycles. The molecule has 28 heavy (non-hydrogen) atoms. The van der Waals surface area contributed by atoms with Crippen LogP contribution in [0.25, 0.3) is 0 Å². The quantitative estimate of drug-likeness (QED) is 0.800. The van der Waals surface area contributed by atoms with Gasteiger partial charge in [-0.15, -0.1) is 0 Å². The van der Waals surface area contributed by atoms with E-state index in [1.165, 1.54) is 6.42 Å². The number of rotatable bonds is 3. The molecule has 0 bridgehead atoms. The second-order valence-corrected chi connectivity index (χ2v) is 8.55. The molecule has 0 N–H and O–H groups in total. The van der Waals surface area contributed by atoms with Gasteiger partial charge in [-0.2, -0.15) is 0 Å². The molecule has 5 heteroatoms. The molecular weight excluding hydrogens is 352 g/mol. The highest BCUT2D eigenvalue weighted by molar-refractivity contribution is 6.02. The van der Waals surface area contributed by atoms with Gasteiger partial charge in [-0.3, -0.25) is 9.59 Å². The van der Waals surface area contributed by atoms with E-state index in [9.17, 15) is 9.59 Å². The van der Waals surface area contributed by atoms with Gasteiger partial charge >= 0.3 is 0 Å². The lowest BCUT2D eigenvalue weighted by Crippen LogP contribution is -2.65. The Kier molecular flexibility index (Phi) is 5.46. The minimum Gasteiger partial charge on any atom is -0.378 e. The first-order valence-corrected chi connectivity index (χ1v) is 10.9. The van der Waals surface area contributed by atoms with Crippen molar-refractivity contribution in [3.63, 3.8) is 0 Å². The van der Waals surface area contributed by atoms with Crippen molar-refractivity contribution < 1.29 is 14.3 Å². The summed E-state index contributed by atoms with van der Waals surface area (Å²) >= 11 is 0. The van der Waals surface area contributed by atoms with E-state index in [0.29, 0.717) is 31.9 Å². The molecule has 0 unspecified atom stereocenters. The molecule has 2 amide bonds. The number of amides is 2. The zero-order chi connectivity index (χ0) is 19.7. The van der Waals surface area contributed by atoms with Gasteiger partial charge in [0.05, 0.1) is 24.7 Å². The average molecular weight is 385 g/mol. The van der Waals surface area contributed by atoms with E-state index in [4.69, 9.17) is 4.74 Å². The topological polar surface area (TPSA) is 49.9 Å². The minimum atomic E-state index is -0.394. The molecule has 3 aliphatic rings. The van der Waals surface area contributed by atoms with Crippen LogP contribution in [0.2, 0.25) is 0 Å². The molecule has 2 atom stereocenters. The first kappa shape index (κ1) is 19.4. The first-order chi connectivity index (χ1) is 13.6. The summed E-state index contributed by atoms with van der Waals surface area (Å²) in [6.07, 6.45) is 6.07. The van der Waals surface area contributed by atoms with Gasteiger partial charge in [-0.05, 0) is 37.8 Å². The lowest BCUT2D eigenvalue weighted by atomic mass is 9.64. The van der Waals surface area contributed by atoms with Gasteiger partial charge in [0.2, 0.25) is 5.91 Å². The third kappa shape index (κ3) is 3.04. The maximum atomic E-state index is 13.9. The van der Waals surface area contributed by atoms with Crippen molar-refractivity contribution in [2.24, 2.45) is 0 Å². The predicted octanol–water partition coefficient (Wildman–Crippen LogP) is 3.59. The van der Waals surface area contributed by atoms with Crippen LogP contribution in [0.15, 0.2) is 24.3 Å². The Balaban J connectivity index is 1.86. The smallest absolute Gasteiger partial charge is 0.254 e. The van der Waals surface area contributed by atoms with Gasteiger partial charge in [0.1, 0.15) is 0 Å². The van der Waals surface area contributed by atoms with Gasteiger partial charge < -0.3 is 14.5 Å². The largest absolute Gasteiger partial charge is 0.378 e. The van der Waals surface area contributed by atoms with Crippen LogP contribution < -0.4 is 0 Å². The van der Waals surface area contributed by atoms with Crippen LogP contribution in [-0.4, -0.2) is 59.5 Å². The fourth-order valence-corrected chi connectivity index (χ4v) is 5.55. The molecule has 0 aromatic heterocycles. The van der Waals surface area contributed by atoms with Crippen molar-refractivity contribution in [2.45, 2.75) is 69.9 Å². The molecular formula is C23H32N2O3. The number of hydrogen-bond donors (Lipinski definition) is 0. The molecule has 5 nitrogen and oxygen atoms in total. The molecule has 2 aliphatic heterocycles. The van der Waals surface area contributed by atoms with Gasteiger partial charge in [0.25, 0.3) is 5.91 Å². The van der Waals surface area contributed by atoms with Gasteiger partial charge in [0, 0.05) is 24.7 Å². The lowest BCUT2D eigenvalue weighted by molar-refractivity contribution is -0.142. The van der Waals surface area contributed by atoms with E-state index in [1.54, 1.807) is 0 Å². The van der Waals surface area contributed by atoms with E-state index < -0.39 is 5.54 Å². The molecule has 152 valence electrons. The summed E-state index contributed by atoms with van der Waals surface area (Å²) in [6, 6.07) is 7.93. The van der Waals surface area contributed by atoms with Gasteiger partial charge in [-0.1, -0.05) is 44.4 Å². The molecule has 0 radical (unpaired) electrons. The Hall–Kier alpha value is -1.88. The number of fused-ring (bicyclic) bond motifs is 1. The Morgan fingerprint density at radius 1 is 1.18 bits per heavy atom. The minimum absolute atomic E-state index is 0.109. The third-order valence-corrected chi connectivity index (χ3v) is 7.06. The second kappa shape index (κ2) is 7.86. The van der Waals surface area contributed by atoms with E-state index in [-0.39, 0.29) is 23.8 Å². The van der Waals surface area contributed by atoms with E-state index in [1.807, 2.05) is 29.2 Å². The molecule has 2 fully saturated rings. The van der Waals surface area contributed by atoms with Crippen molar-refractivity contribution in [3.8, 4) is 0 Å². The number of hydrogen-bond acceptors (Lipinski definition) is 3. The Morgan fingerprint density at radius 3 is 2.54 bits per heavy atom. The Bertz CT molecular complexity index is 735. The number of morpholine rings is 1. The normalized spacial score (nSPS) is 25.5. The lowest BCUT2D eigenvalue weighted by Gasteiger charge is -2.56. The van der Waals surface area contributed by atoms with Crippen molar-refractivity contribution in [1.29, 1.82) is 0 Å². The van der Waals surface area contributed by atoms with E-state index >= 15 is 0 Å². The van der Waals surface area contributed by atoms with Crippen LogP contribution in [0.3, 0.4) is 0 Å². The summed E-state index contributed by atoms with van der Waals surface area (Å²) in [4.78, 5) is 31.6. The highest BCUT2D eigenvalue weighted by Crippen LogP contribution is 2.50. The third-order valence-electron chi connectivity index (χ3n) is 7.06. The fourth-order valence-electron chi connectivity index (χ4n) is 5.55. The van der Waals surface area contributed by atoms with E-state index in [2.05, 4.69) is 18.7 Å². The fraction of sp³-hybridized carbons (Fsp3) is 0.652. The van der Waals surface area contributed by atoms with Gasteiger partial charge in [-0.25, -0.2) is 0 Å². The summed E-state index contributed by atoms with van der Waals surface area (Å²) in [5.41, 5.74) is 1.25. The van der Waals surface area contributed by atoms with Crippen LogP contribution in [-0.2, 0) is 9.53 Å². The van der Waals surface area contributed by atoms with Crippen LogP contribution in [0, 0.1) is 0 Å². The number of carbonyl (C=O) groups is 2. The number of carbonyl (C=O) groups excluding carboxylic acids is 2. The summed E-state index contributed by atoms with van der Waals surface area (Å²) < 4.78 is 5.48. The van der Waals surface area contributed by atoms with E-state index in [0.717, 1.165) is 37.7 Å². The highest BCUT2D eigenvalue weighted by Gasteiger charge is 2.56. The second-order valence-electron chi connectivity index (χ2n) is 8.55. The zero-order valence-electron chi connectivity index (χ0n) is 17.2. The standard InChI is InChI=1S/C23H32N2O3/c1-3-17(2)25-21(26)19-10-6-5-9-18(19)20(23(25)11-7-4-8-12-23)22(27)24-13-15-28-16-14-24/h5-6,9-10,17,20H,3-4,7-8,11-16H2,1-2H3/t17-,20-/m1/s1. The first-order valence-electron chi connectivity index (χ1n) is 10.9. The molecule has 1 aliphatic carbocycles. The maximum Gasteiger partial charge on any atom is 0.254 e. The average Bonchev–Trinajstić information content (AvgIpc) is 2.75. The Morgan fingerprint density at radius 2 is 1.86 bits per heavy atom. The van der Waals surface area contributed by atoms with Gasteiger partial charge in [0.15, 0.2) is 0 Å². The summed E-state index contributed by atoms with van der Waals surface area (Å²) in [5, 5.41) is 0. The van der Waals surface area contributed by atoms with Crippen LogP contribution in [0.1, 0.15) is 74.2 Å². The molecule has 1 aromatic rings. The molecule has 4 rings (SSSR count). The summed E-state index contributed by atoms with van der Waals surface area (Å²) in [5.74, 6) is 0.0186. The molecule has 1 saturated heterocycles. The predicted molar refractivity (Wildman–Crippen MR) is 108 cm³/mol. The van der Waals surface area contributed by atoms with Crippen molar-refractivity contribution in [2.75, 3.05) is 26.3 Å². The molecule has 1 saturated carbocycles. The number of benzene rings is 1. The Labute approximate surface area is 168 Å². The zero-order valence-corrected chi connectivity index (χ0v) is 17.2. The highest BCUT2D eigenvalue weighted by atomic mass is 16.5. The summed E-state index contributed by atoms with van der Waals surface area (Å²) in [7, 11) is 0. The summed E-state index contributed by atoms with van der Waals surface area (Å²) in [6.45, 7) is 6.75. The monoisotopic (exact) mass is 384 g/mol. The molecule has 1 spiro atoms. The van der Waals surface area contributed by atoms with Crippen LogP contribution in [0.5, 0.6) is 0 Å². The van der Waals surface area contributed by atoms with Crippen LogP contribution >= 0.6 is 0 Å². The van der Waals surface area contributed by atoms with Crippen LogP contribution in [0.4, 0.5) is 0 Å². The number of ether oxygens (including phenoxy) is 1.